The van der Waals surface area contributed by atoms with Gasteiger partial charge in [-0.25, -0.2) is 0 Å². The summed E-state index contributed by atoms with van der Waals surface area (Å²) in [5, 5.41) is 0. The lowest BCUT2D eigenvalue weighted by Gasteiger charge is -2.31. The molecule has 10 aromatic carbocycles. The normalized spacial score (nSPS) is 13.1. The van der Waals surface area contributed by atoms with E-state index < -0.39 is 5.41 Å². The number of benzene rings is 10. The van der Waals surface area contributed by atoms with Crippen molar-refractivity contribution in [3.63, 3.8) is 0 Å². The second-order valence-electron chi connectivity index (χ2n) is 16.8. The van der Waals surface area contributed by atoms with E-state index in [1.165, 1.54) is 44.5 Å². The van der Waals surface area contributed by atoms with Gasteiger partial charge in [-0.1, -0.05) is 182 Å². The summed E-state index contributed by atoms with van der Waals surface area (Å²) in [5.74, 6) is 2.80. The molecule has 13 rings (SSSR count). The van der Waals surface area contributed by atoms with Gasteiger partial charge in [0.1, 0.15) is 0 Å². The first-order chi connectivity index (χ1) is 31.7. The zero-order valence-corrected chi connectivity index (χ0v) is 34.8. The van der Waals surface area contributed by atoms with E-state index in [1.807, 2.05) is 6.07 Å². The van der Waals surface area contributed by atoms with Crippen molar-refractivity contribution < 1.29 is 9.47 Å². The van der Waals surface area contributed by atoms with Crippen LogP contribution < -0.4 is 14.4 Å². The molecule has 0 saturated heterocycles. The van der Waals surface area contributed by atoms with E-state index in [4.69, 9.17) is 9.47 Å². The molecular formula is C61H39NO2. The van der Waals surface area contributed by atoms with Gasteiger partial charge in [-0.2, -0.15) is 0 Å². The molecule has 1 aliphatic heterocycles. The predicted molar refractivity (Wildman–Crippen MR) is 260 cm³/mol. The molecule has 64 heavy (non-hydrogen) atoms. The smallest absolute Gasteiger partial charge is 0.178 e. The lowest BCUT2D eigenvalue weighted by atomic mass is 9.70. The first-order valence-electron chi connectivity index (χ1n) is 21.9. The molecule has 0 saturated carbocycles. The van der Waals surface area contributed by atoms with Crippen LogP contribution in [0.1, 0.15) is 22.3 Å². The summed E-state index contributed by atoms with van der Waals surface area (Å²) in [7, 11) is 0. The molecule has 10 aromatic rings. The molecular weight excluding hydrogens is 779 g/mol. The van der Waals surface area contributed by atoms with Crippen molar-refractivity contribution in [1.82, 2.24) is 0 Å². The summed E-state index contributed by atoms with van der Waals surface area (Å²) in [5.41, 5.74) is 19.3. The fourth-order valence-corrected chi connectivity index (χ4v) is 10.6. The molecule has 300 valence electrons. The summed E-state index contributed by atoms with van der Waals surface area (Å²) in [6.45, 7) is 0. The Bertz CT molecular complexity index is 3420. The molecule has 3 nitrogen and oxygen atoms in total. The molecule has 0 radical (unpaired) electrons. The van der Waals surface area contributed by atoms with Gasteiger partial charge in [0.15, 0.2) is 23.0 Å². The monoisotopic (exact) mass is 817 g/mol. The molecule has 1 spiro atoms. The predicted octanol–water partition coefficient (Wildman–Crippen LogP) is 16.4. The van der Waals surface area contributed by atoms with E-state index in [9.17, 15) is 0 Å². The van der Waals surface area contributed by atoms with Crippen LogP contribution in [-0.2, 0) is 5.41 Å². The van der Waals surface area contributed by atoms with Gasteiger partial charge in [0.05, 0.1) is 11.1 Å². The Morgan fingerprint density at radius 3 is 1.36 bits per heavy atom. The van der Waals surface area contributed by atoms with Gasteiger partial charge < -0.3 is 14.4 Å². The van der Waals surface area contributed by atoms with Gasteiger partial charge in [0.2, 0.25) is 0 Å². The number of ether oxygens (including phenoxy) is 2. The van der Waals surface area contributed by atoms with Crippen molar-refractivity contribution in [2.24, 2.45) is 0 Å². The van der Waals surface area contributed by atoms with Crippen molar-refractivity contribution in [3.05, 3.63) is 259 Å². The Balaban J connectivity index is 0.954. The van der Waals surface area contributed by atoms with E-state index in [0.29, 0.717) is 17.2 Å². The summed E-state index contributed by atoms with van der Waals surface area (Å²) in [6.07, 6.45) is 0. The summed E-state index contributed by atoms with van der Waals surface area (Å²) >= 11 is 0. The highest BCUT2D eigenvalue weighted by atomic mass is 16.6. The second kappa shape index (κ2) is 14.3. The molecule has 2 aliphatic carbocycles. The first kappa shape index (κ1) is 36.3. The SMILES string of the molecule is c1ccc(-c2cccc(-c3cccc(N(c4cccc(-c5ccccc5)c4)c4ccc5c(c4)Oc4c(ccc6c4-c4ccccc4C64c6ccccc6-c6ccccc64)O5)c3)c2)cc1. The maximum atomic E-state index is 7.21. The maximum Gasteiger partial charge on any atom is 0.178 e. The van der Waals surface area contributed by atoms with Crippen LogP contribution >= 0.6 is 0 Å². The summed E-state index contributed by atoms with van der Waals surface area (Å²) < 4.78 is 14.0. The standard InChI is InChI=1S/C61H39NO2/c1-3-16-40(17-4-1)42-20-13-21-43(36-42)45-23-15-25-47(38-45)62(46-24-14-22-44(37-46)41-18-5-2-6-19-41)48-32-34-56-58(39-48)64-60-57(63-56)35-33-55-59(60)51-28-9-12-31-54(51)61(55)52-29-10-7-26-49(52)50-27-8-11-30-53(50)61/h1-39H. The lowest BCUT2D eigenvalue weighted by molar-refractivity contribution is 0.360. The number of nitrogens with zero attached hydrogens (tertiary/aromatic N) is 1. The van der Waals surface area contributed by atoms with Crippen molar-refractivity contribution in [2.45, 2.75) is 5.41 Å². The molecule has 0 bridgehead atoms. The minimum Gasteiger partial charge on any atom is -0.449 e. The Morgan fingerprint density at radius 1 is 0.281 bits per heavy atom. The van der Waals surface area contributed by atoms with Crippen LogP contribution in [0, 0.1) is 0 Å². The first-order valence-corrected chi connectivity index (χ1v) is 21.9. The number of anilines is 3. The minimum absolute atomic E-state index is 0.480. The number of hydrogen-bond donors (Lipinski definition) is 0. The van der Waals surface area contributed by atoms with Crippen LogP contribution in [0.4, 0.5) is 17.1 Å². The molecule has 0 atom stereocenters. The highest BCUT2D eigenvalue weighted by molar-refractivity contribution is 5.98. The molecule has 0 aromatic heterocycles. The fraction of sp³-hybridized carbons (Fsp3) is 0.0164. The van der Waals surface area contributed by atoms with Crippen LogP contribution in [0.15, 0.2) is 237 Å². The average Bonchev–Trinajstić information content (AvgIpc) is 3.84. The third-order valence-corrected chi connectivity index (χ3v) is 13.3. The highest BCUT2D eigenvalue weighted by Gasteiger charge is 2.53. The molecule has 0 unspecified atom stereocenters. The van der Waals surface area contributed by atoms with E-state index in [2.05, 4.69) is 235 Å². The van der Waals surface area contributed by atoms with Crippen molar-refractivity contribution in [1.29, 1.82) is 0 Å². The number of rotatable bonds is 6. The van der Waals surface area contributed by atoms with Gasteiger partial charge in [0.25, 0.3) is 0 Å². The van der Waals surface area contributed by atoms with Crippen LogP contribution in [0.5, 0.6) is 23.0 Å². The number of hydrogen-bond acceptors (Lipinski definition) is 3. The Morgan fingerprint density at radius 2 is 0.734 bits per heavy atom. The Labute approximate surface area is 372 Å². The van der Waals surface area contributed by atoms with Gasteiger partial charge >= 0.3 is 0 Å². The summed E-state index contributed by atoms with van der Waals surface area (Å²) in [4.78, 5) is 2.32. The molecule has 0 amide bonds. The lowest BCUT2D eigenvalue weighted by Crippen LogP contribution is -2.25. The number of fused-ring (bicyclic) bond motifs is 13. The zero-order valence-electron chi connectivity index (χ0n) is 34.8. The molecule has 3 aliphatic rings. The van der Waals surface area contributed by atoms with Gasteiger partial charge in [-0.05, 0) is 121 Å². The van der Waals surface area contributed by atoms with Crippen molar-refractivity contribution in [3.8, 4) is 78.6 Å². The minimum atomic E-state index is -0.480. The summed E-state index contributed by atoms with van der Waals surface area (Å²) in [6, 6.07) is 84.8. The van der Waals surface area contributed by atoms with Crippen molar-refractivity contribution >= 4 is 17.1 Å². The maximum absolute atomic E-state index is 7.21. The van der Waals surface area contributed by atoms with Crippen LogP contribution in [-0.4, -0.2) is 0 Å². The third kappa shape index (κ3) is 5.47. The average molecular weight is 818 g/mol. The van der Waals surface area contributed by atoms with Crippen molar-refractivity contribution in [2.75, 3.05) is 4.90 Å². The van der Waals surface area contributed by atoms with Gasteiger partial charge in [-0.15, -0.1) is 0 Å². The van der Waals surface area contributed by atoms with Crippen LogP contribution in [0.3, 0.4) is 0 Å². The fourth-order valence-electron chi connectivity index (χ4n) is 10.6. The third-order valence-electron chi connectivity index (χ3n) is 13.3. The van der Waals surface area contributed by atoms with E-state index in [-0.39, 0.29) is 0 Å². The molecule has 0 fully saturated rings. The van der Waals surface area contributed by atoms with Crippen LogP contribution in [0.25, 0.3) is 55.6 Å². The second-order valence-corrected chi connectivity index (χ2v) is 16.8. The Kier molecular flexibility index (Phi) is 8.13. The molecule has 0 N–H and O–H groups in total. The Hall–Kier alpha value is -8.40. The zero-order chi connectivity index (χ0) is 42.2. The quantitative estimate of drug-likeness (QED) is 0.167. The van der Waals surface area contributed by atoms with E-state index in [1.54, 1.807) is 0 Å². The van der Waals surface area contributed by atoms with E-state index in [0.717, 1.165) is 56.2 Å². The largest absolute Gasteiger partial charge is 0.449 e. The highest BCUT2D eigenvalue weighted by Crippen LogP contribution is 2.66. The van der Waals surface area contributed by atoms with Crippen LogP contribution in [0.2, 0.25) is 0 Å². The van der Waals surface area contributed by atoms with Gasteiger partial charge in [-0.3, -0.25) is 0 Å². The molecule has 3 heteroatoms. The topological polar surface area (TPSA) is 21.7 Å². The molecule has 1 heterocycles. The van der Waals surface area contributed by atoms with Gasteiger partial charge in [0, 0.05) is 23.0 Å². The van der Waals surface area contributed by atoms with E-state index >= 15 is 0 Å².